The van der Waals surface area contributed by atoms with E-state index in [1.54, 1.807) is 27.7 Å². The number of amides is 11. The lowest BCUT2D eigenvalue weighted by Crippen LogP contribution is -2.62. The maximum atomic E-state index is 14.4. The van der Waals surface area contributed by atoms with Crippen molar-refractivity contribution in [3.8, 4) is 0 Å². The van der Waals surface area contributed by atoms with Crippen molar-refractivity contribution in [2.75, 3.05) is 39.3 Å². The number of hydrogen-bond acceptors (Lipinski definition) is 18. The van der Waals surface area contributed by atoms with Crippen LogP contribution in [0.3, 0.4) is 0 Å². The summed E-state index contributed by atoms with van der Waals surface area (Å²) >= 11 is 0. The molecule has 0 spiro atoms. The van der Waals surface area contributed by atoms with Gasteiger partial charge >= 0.3 is 0 Å². The lowest BCUT2D eigenvalue weighted by Gasteiger charge is -2.29. The molecule has 1 aliphatic heterocycles. The van der Waals surface area contributed by atoms with Gasteiger partial charge in [0.25, 0.3) is 0 Å². The average molecular weight is 1160 g/mol. The zero-order chi connectivity index (χ0) is 61.5. The van der Waals surface area contributed by atoms with Gasteiger partial charge in [-0.25, -0.2) is 0 Å². The molecule has 1 saturated heterocycles. The van der Waals surface area contributed by atoms with Crippen molar-refractivity contribution in [3.05, 3.63) is 0 Å². The van der Waals surface area contributed by atoms with Gasteiger partial charge in [-0.3, -0.25) is 52.7 Å². The van der Waals surface area contributed by atoms with Gasteiger partial charge in [-0.1, -0.05) is 60.8 Å². The second kappa shape index (κ2) is 38.6. The molecular weight excluding hydrogens is 1060 g/mol. The van der Waals surface area contributed by atoms with E-state index in [0.29, 0.717) is 12.3 Å². The van der Waals surface area contributed by atoms with Crippen LogP contribution < -0.4 is 87.2 Å². The highest BCUT2D eigenvalue weighted by Gasteiger charge is 2.38. The number of nitrogens with two attached hydrogens (primary N) is 5. The fourth-order valence-corrected chi connectivity index (χ4v) is 8.57. The molecule has 12 unspecified atom stereocenters. The molecule has 13 atom stereocenters. The molecule has 1 fully saturated rings. The number of rotatable bonds is 28. The summed E-state index contributed by atoms with van der Waals surface area (Å²) < 4.78 is 0. The molecule has 1 rings (SSSR count). The lowest BCUT2D eigenvalue weighted by atomic mass is 9.99. The van der Waals surface area contributed by atoms with E-state index >= 15 is 0 Å². The van der Waals surface area contributed by atoms with Gasteiger partial charge < -0.3 is 97.4 Å². The Morgan fingerprint density at radius 2 is 1.02 bits per heavy atom. The van der Waals surface area contributed by atoms with E-state index in [1.165, 1.54) is 13.8 Å². The molecule has 0 saturated carbocycles. The first-order chi connectivity index (χ1) is 38.2. The molecule has 81 heavy (non-hydrogen) atoms. The van der Waals surface area contributed by atoms with Crippen molar-refractivity contribution in [2.24, 2.45) is 46.4 Å². The standard InChI is InChI=1S/C52H98N16O13/c1-9-29(6)12-10-11-13-39(71)59-32(14-20-53)47(76)68-42(31(8)70)52(81)64-35(17-23-56)44(73)62-37-19-25-58-50(79)41(30(7)69)67-48(77)36(18-24-57)61-43(72)34(16-22-55)63-51(80)40(28(4)5)66-49(78)38(26-27(2)3)65-45(74)33(15-21-54)60-46(37)75/h27-38,40-42,69-70H,9-26,53-57H2,1-8H3,(H,58,79)(H,59,71)(H,60,75)(H,61,72)(H,62,73)(H,63,80)(H,64,81)(H,65,74)(H,66,78)(H,67,77)(H,68,76)/t29-,30?,31?,32?,33?,34?,35?,36?,37?,38?,40?,41?,42?/m0/s1. The van der Waals surface area contributed by atoms with Crippen LogP contribution >= 0.6 is 0 Å². The number of nitrogens with one attached hydrogen (secondary N) is 11. The third-order valence-corrected chi connectivity index (χ3v) is 13.6. The maximum absolute atomic E-state index is 14.4. The molecule has 1 heterocycles. The van der Waals surface area contributed by atoms with E-state index in [9.17, 15) is 63.0 Å². The fourth-order valence-electron chi connectivity index (χ4n) is 8.57. The number of aliphatic hydroxyl groups excluding tert-OH is 2. The Hall–Kier alpha value is -6.11. The number of unbranched alkanes of at least 4 members (excludes halogenated alkanes) is 1. The van der Waals surface area contributed by atoms with Crippen LogP contribution in [0.2, 0.25) is 0 Å². The average Bonchev–Trinajstić information content (AvgIpc) is 3.39. The summed E-state index contributed by atoms with van der Waals surface area (Å²) in [6.07, 6.45) is -0.840. The fraction of sp³-hybridized carbons (Fsp3) is 0.788. The molecular formula is C52H98N16O13. The third kappa shape index (κ3) is 26.6. The van der Waals surface area contributed by atoms with E-state index in [0.717, 1.165) is 19.3 Å². The van der Waals surface area contributed by atoms with Crippen LogP contribution in [0.15, 0.2) is 0 Å². The summed E-state index contributed by atoms with van der Waals surface area (Å²) in [6, 6.07) is -14.5. The zero-order valence-corrected chi connectivity index (χ0v) is 48.7. The quantitative estimate of drug-likeness (QED) is 0.0325. The van der Waals surface area contributed by atoms with Crippen molar-refractivity contribution in [1.29, 1.82) is 0 Å². The van der Waals surface area contributed by atoms with E-state index in [2.05, 4.69) is 72.3 Å². The van der Waals surface area contributed by atoms with Crippen molar-refractivity contribution < 1.29 is 63.0 Å². The summed E-state index contributed by atoms with van der Waals surface area (Å²) in [7, 11) is 0. The Balaban J connectivity index is 3.79. The van der Waals surface area contributed by atoms with Gasteiger partial charge in [0.2, 0.25) is 65.0 Å². The van der Waals surface area contributed by atoms with E-state index in [-0.39, 0.29) is 83.6 Å². The molecule has 0 aromatic heterocycles. The van der Waals surface area contributed by atoms with Gasteiger partial charge in [-0.05, 0) is 116 Å². The third-order valence-electron chi connectivity index (χ3n) is 13.6. The summed E-state index contributed by atoms with van der Waals surface area (Å²) in [5.41, 5.74) is 29.2. The summed E-state index contributed by atoms with van der Waals surface area (Å²) in [6.45, 7) is 12.3. The van der Waals surface area contributed by atoms with Crippen LogP contribution in [0, 0.1) is 17.8 Å². The van der Waals surface area contributed by atoms with Crippen LogP contribution in [-0.2, 0) is 52.7 Å². The molecule has 29 nitrogen and oxygen atoms in total. The number of aliphatic hydroxyl groups is 2. The zero-order valence-electron chi connectivity index (χ0n) is 48.7. The molecule has 0 radical (unpaired) electrons. The predicted molar refractivity (Wildman–Crippen MR) is 301 cm³/mol. The Morgan fingerprint density at radius 1 is 0.543 bits per heavy atom. The molecule has 29 heteroatoms. The molecule has 0 aliphatic carbocycles. The predicted octanol–water partition coefficient (Wildman–Crippen LogP) is -5.83. The second-order valence-corrected chi connectivity index (χ2v) is 21.5. The smallest absolute Gasteiger partial charge is 0.245 e. The van der Waals surface area contributed by atoms with E-state index in [1.807, 2.05) is 0 Å². The highest BCUT2D eigenvalue weighted by Crippen LogP contribution is 2.14. The SMILES string of the molecule is CC[C@H](C)CCCCC(=O)NC(CCN)C(=O)NC(C(=O)NC(CCN)C(=O)NC1CCNC(=O)C(C(C)O)NC(=O)C(CCN)NC(=O)C(CCN)NC(=O)C(C(C)C)NC(=O)C(CC(C)C)NC(=O)C(CCN)NC1=O)C(C)O. The first kappa shape index (κ1) is 72.9. The van der Waals surface area contributed by atoms with Crippen LogP contribution in [0.25, 0.3) is 0 Å². The molecule has 23 N–H and O–H groups in total. The Kier molecular flexibility index (Phi) is 34.7. The molecule has 464 valence electrons. The van der Waals surface area contributed by atoms with E-state index in [4.69, 9.17) is 28.7 Å². The van der Waals surface area contributed by atoms with Gasteiger partial charge in [0, 0.05) is 13.0 Å². The van der Waals surface area contributed by atoms with Crippen LogP contribution in [0.4, 0.5) is 0 Å². The Morgan fingerprint density at radius 3 is 1.51 bits per heavy atom. The monoisotopic (exact) mass is 1150 g/mol. The van der Waals surface area contributed by atoms with Crippen LogP contribution in [-0.4, -0.2) is 187 Å². The van der Waals surface area contributed by atoms with Gasteiger partial charge in [-0.15, -0.1) is 0 Å². The lowest BCUT2D eigenvalue weighted by molar-refractivity contribution is -0.137. The molecule has 0 aromatic rings. The van der Waals surface area contributed by atoms with Crippen LogP contribution in [0.5, 0.6) is 0 Å². The molecule has 0 aromatic carbocycles. The topological polar surface area (TPSA) is 491 Å². The highest BCUT2D eigenvalue weighted by atomic mass is 16.3. The Labute approximate surface area is 475 Å². The highest BCUT2D eigenvalue weighted by molar-refractivity contribution is 5.99. The van der Waals surface area contributed by atoms with Gasteiger partial charge in [0.05, 0.1) is 12.2 Å². The first-order valence-electron chi connectivity index (χ1n) is 28.4. The summed E-state index contributed by atoms with van der Waals surface area (Å²) in [5, 5.41) is 49.4. The second-order valence-electron chi connectivity index (χ2n) is 21.5. The minimum atomic E-state index is -1.69. The Bertz CT molecular complexity index is 2050. The van der Waals surface area contributed by atoms with Crippen LogP contribution in [0.1, 0.15) is 132 Å². The molecule has 11 amide bonds. The summed E-state index contributed by atoms with van der Waals surface area (Å²) in [5.74, 6) is -9.93. The number of carbonyl (C=O) groups excluding carboxylic acids is 11. The van der Waals surface area contributed by atoms with Crippen molar-refractivity contribution >= 4 is 65.0 Å². The van der Waals surface area contributed by atoms with Gasteiger partial charge in [0.15, 0.2) is 0 Å². The van der Waals surface area contributed by atoms with Gasteiger partial charge in [0.1, 0.15) is 60.4 Å². The van der Waals surface area contributed by atoms with Crippen molar-refractivity contribution in [3.63, 3.8) is 0 Å². The van der Waals surface area contributed by atoms with Crippen molar-refractivity contribution in [2.45, 2.75) is 205 Å². The largest absolute Gasteiger partial charge is 0.391 e. The van der Waals surface area contributed by atoms with E-state index < -0.39 is 156 Å². The minimum absolute atomic E-state index is 0.0132. The summed E-state index contributed by atoms with van der Waals surface area (Å²) in [4.78, 5) is 152. The molecule has 1 aliphatic rings. The van der Waals surface area contributed by atoms with Gasteiger partial charge in [-0.2, -0.15) is 0 Å². The molecule has 0 bridgehead atoms. The first-order valence-corrected chi connectivity index (χ1v) is 28.4. The minimum Gasteiger partial charge on any atom is -0.391 e. The normalized spacial score (nSPS) is 23.6. The number of carbonyl (C=O) groups is 11. The number of hydrogen-bond donors (Lipinski definition) is 18. The maximum Gasteiger partial charge on any atom is 0.245 e. The van der Waals surface area contributed by atoms with Crippen molar-refractivity contribution in [1.82, 2.24) is 58.5 Å².